The largest absolute Gasteiger partial charge is 0.378 e. The third-order valence-corrected chi connectivity index (χ3v) is 6.54. The summed E-state index contributed by atoms with van der Waals surface area (Å²) in [5.74, 6) is -1.09. The normalized spacial score (nSPS) is 20.1. The molecule has 0 aromatic carbocycles. The molecular formula is C15H28N4O5S. The summed E-state index contributed by atoms with van der Waals surface area (Å²) in [5, 5.41) is 0. The van der Waals surface area contributed by atoms with Crippen LogP contribution in [0.1, 0.15) is 19.8 Å². The number of nitrogens with zero attached hydrogens (tertiary/aromatic N) is 4. The van der Waals surface area contributed by atoms with Crippen LogP contribution in [0.3, 0.4) is 0 Å². The van der Waals surface area contributed by atoms with Gasteiger partial charge in [0, 0.05) is 52.9 Å². The van der Waals surface area contributed by atoms with Crippen LogP contribution in [0.25, 0.3) is 0 Å². The van der Waals surface area contributed by atoms with Crippen molar-refractivity contribution in [3.63, 3.8) is 0 Å². The van der Waals surface area contributed by atoms with E-state index in [9.17, 15) is 18.0 Å². The molecule has 2 rings (SSSR count). The summed E-state index contributed by atoms with van der Waals surface area (Å²) in [6.07, 6.45) is 1.73. The number of hydrogen-bond acceptors (Lipinski definition) is 5. The fourth-order valence-corrected chi connectivity index (χ4v) is 4.23. The van der Waals surface area contributed by atoms with Crippen LogP contribution in [0, 0.1) is 0 Å². The molecule has 144 valence electrons. The predicted octanol–water partition coefficient (Wildman–Crippen LogP) is -1.03. The summed E-state index contributed by atoms with van der Waals surface area (Å²) in [6, 6.07) is 0. The molecule has 2 amide bonds. The zero-order valence-corrected chi connectivity index (χ0v) is 15.8. The number of rotatable bonds is 5. The summed E-state index contributed by atoms with van der Waals surface area (Å²) in [4.78, 5) is 27.5. The van der Waals surface area contributed by atoms with E-state index in [-0.39, 0.29) is 26.2 Å². The Kier molecular flexibility index (Phi) is 7.17. The molecule has 0 unspecified atom stereocenters. The monoisotopic (exact) mass is 376 g/mol. The molecule has 2 heterocycles. The van der Waals surface area contributed by atoms with Gasteiger partial charge in [-0.25, -0.2) is 0 Å². The number of unbranched alkanes of at least 4 members (excludes halogenated alkanes) is 1. The molecule has 10 heteroatoms. The van der Waals surface area contributed by atoms with E-state index in [4.69, 9.17) is 4.74 Å². The lowest BCUT2D eigenvalue weighted by molar-refractivity contribution is -0.154. The van der Waals surface area contributed by atoms with Crippen molar-refractivity contribution in [1.82, 2.24) is 18.4 Å². The minimum absolute atomic E-state index is 0.209. The van der Waals surface area contributed by atoms with Gasteiger partial charge in [-0.1, -0.05) is 13.3 Å². The van der Waals surface area contributed by atoms with E-state index in [2.05, 4.69) is 0 Å². The average molecular weight is 376 g/mol. The molecule has 2 saturated heterocycles. The molecule has 0 saturated carbocycles. The van der Waals surface area contributed by atoms with E-state index in [1.807, 2.05) is 6.92 Å². The van der Waals surface area contributed by atoms with Gasteiger partial charge < -0.3 is 14.5 Å². The predicted molar refractivity (Wildman–Crippen MR) is 92.0 cm³/mol. The first-order valence-corrected chi connectivity index (χ1v) is 10.1. The van der Waals surface area contributed by atoms with Gasteiger partial charge in [0.25, 0.3) is 10.2 Å². The zero-order valence-electron chi connectivity index (χ0n) is 15.0. The third-order valence-electron chi connectivity index (χ3n) is 4.55. The number of carbonyl (C=O) groups excluding carboxylic acids is 2. The minimum atomic E-state index is -3.51. The molecule has 2 aliphatic rings. The standard InChI is InChI=1S/C15H28N4O5S/c1-3-4-5-16(2)25(22,23)19-8-6-17(7-9-19)14(20)15(21)18-10-12-24-13-11-18/h3-13H2,1-2H3. The number of hydrogen-bond donors (Lipinski definition) is 0. The molecule has 0 atom stereocenters. The van der Waals surface area contributed by atoms with E-state index < -0.39 is 22.0 Å². The van der Waals surface area contributed by atoms with Crippen molar-refractivity contribution >= 4 is 22.0 Å². The van der Waals surface area contributed by atoms with Crippen LogP contribution in [0.15, 0.2) is 0 Å². The Morgan fingerprint density at radius 2 is 1.48 bits per heavy atom. The Hall–Kier alpha value is -1.23. The van der Waals surface area contributed by atoms with E-state index in [0.29, 0.717) is 32.8 Å². The molecule has 25 heavy (non-hydrogen) atoms. The molecule has 0 radical (unpaired) electrons. The fraction of sp³-hybridized carbons (Fsp3) is 0.867. The highest BCUT2D eigenvalue weighted by Crippen LogP contribution is 2.12. The van der Waals surface area contributed by atoms with Crippen molar-refractivity contribution in [2.45, 2.75) is 19.8 Å². The molecule has 0 aliphatic carbocycles. The molecule has 0 spiro atoms. The topological polar surface area (TPSA) is 90.5 Å². The van der Waals surface area contributed by atoms with Crippen LogP contribution in [0.2, 0.25) is 0 Å². The smallest absolute Gasteiger partial charge is 0.312 e. The Morgan fingerprint density at radius 1 is 0.960 bits per heavy atom. The number of amides is 2. The van der Waals surface area contributed by atoms with Gasteiger partial charge in [0.15, 0.2) is 0 Å². The summed E-state index contributed by atoms with van der Waals surface area (Å²) >= 11 is 0. The van der Waals surface area contributed by atoms with Gasteiger partial charge in [0.1, 0.15) is 0 Å². The lowest BCUT2D eigenvalue weighted by atomic mass is 10.3. The van der Waals surface area contributed by atoms with E-state index in [1.54, 1.807) is 7.05 Å². The zero-order chi connectivity index (χ0) is 18.4. The number of morpholine rings is 1. The summed E-state index contributed by atoms with van der Waals surface area (Å²) in [7, 11) is -1.93. The van der Waals surface area contributed by atoms with Crippen LogP contribution >= 0.6 is 0 Å². The Balaban J connectivity index is 1.88. The highest BCUT2D eigenvalue weighted by atomic mass is 32.2. The lowest BCUT2D eigenvalue weighted by Crippen LogP contribution is -2.57. The van der Waals surface area contributed by atoms with Crippen LogP contribution in [0.5, 0.6) is 0 Å². The Bertz CT molecular complexity index is 568. The third kappa shape index (κ3) is 4.90. The van der Waals surface area contributed by atoms with Gasteiger partial charge in [-0.3, -0.25) is 9.59 Å². The van der Waals surface area contributed by atoms with Gasteiger partial charge in [-0.2, -0.15) is 17.0 Å². The first kappa shape index (κ1) is 20.1. The summed E-state index contributed by atoms with van der Waals surface area (Å²) < 4.78 is 32.9. The summed E-state index contributed by atoms with van der Waals surface area (Å²) in [6.45, 7) is 5.09. The lowest BCUT2D eigenvalue weighted by Gasteiger charge is -2.36. The van der Waals surface area contributed by atoms with Crippen molar-refractivity contribution in [3.8, 4) is 0 Å². The number of carbonyl (C=O) groups is 2. The van der Waals surface area contributed by atoms with Crippen LogP contribution < -0.4 is 0 Å². The van der Waals surface area contributed by atoms with Gasteiger partial charge in [0.05, 0.1) is 13.2 Å². The molecule has 0 bridgehead atoms. The number of ether oxygens (including phenoxy) is 1. The molecule has 9 nitrogen and oxygen atoms in total. The van der Waals surface area contributed by atoms with Crippen molar-refractivity contribution in [2.75, 3.05) is 66.1 Å². The van der Waals surface area contributed by atoms with Crippen molar-refractivity contribution in [3.05, 3.63) is 0 Å². The molecule has 0 aromatic rings. The van der Waals surface area contributed by atoms with Crippen molar-refractivity contribution in [2.24, 2.45) is 0 Å². The molecule has 2 aliphatic heterocycles. The van der Waals surface area contributed by atoms with Gasteiger partial charge in [0.2, 0.25) is 0 Å². The van der Waals surface area contributed by atoms with Gasteiger partial charge in [-0.05, 0) is 6.42 Å². The number of piperazine rings is 1. The van der Waals surface area contributed by atoms with Crippen molar-refractivity contribution < 1.29 is 22.7 Å². The fourth-order valence-electron chi connectivity index (χ4n) is 2.85. The molecular weight excluding hydrogens is 348 g/mol. The average Bonchev–Trinajstić information content (AvgIpc) is 2.65. The molecule has 0 aromatic heterocycles. The Morgan fingerprint density at radius 3 is 2.00 bits per heavy atom. The molecule has 0 N–H and O–H groups in total. The van der Waals surface area contributed by atoms with Crippen LogP contribution in [-0.4, -0.2) is 105 Å². The van der Waals surface area contributed by atoms with Gasteiger partial charge >= 0.3 is 11.8 Å². The quantitative estimate of drug-likeness (QED) is 0.572. The first-order valence-electron chi connectivity index (χ1n) is 8.75. The Labute approximate surface area is 149 Å². The summed E-state index contributed by atoms with van der Waals surface area (Å²) in [5.41, 5.74) is 0. The maximum absolute atomic E-state index is 12.5. The minimum Gasteiger partial charge on any atom is -0.378 e. The second-order valence-corrected chi connectivity index (χ2v) is 8.31. The second kappa shape index (κ2) is 8.93. The highest BCUT2D eigenvalue weighted by molar-refractivity contribution is 7.86. The van der Waals surface area contributed by atoms with E-state index >= 15 is 0 Å². The van der Waals surface area contributed by atoms with E-state index in [0.717, 1.165) is 12.8 Å². The first-order chi connectivity index (χ1) is 11.9. The van der Waals surface area contributed by atoms with Crippen molar-refractivity contribution in [1.29, 1.82) is 0 Å². The van der Waals surface area contributed by atoms with Crippen LogP contribution in [-0.2, 0) is 24.5 Å². The van der Waals surface area contributed by atoms with Gasteiger partial charge in [-0.15, -0.1) is 0 Å². The molecule has 2 fully saturated rings. The second-order valence-electron chi connectivity index (χ2n) is 6.28. The van der Waals surface area contributed by atoms with Crippen LogP contribution in [0.4, 0.5) is 0 Å². The SMILES string of the molecule is CCCCN(C)S(=O)(=O)N1CCN(C(=O)C(=O)N2CCOCC2)CC1. The highest BCUT2D eigenvalue weighted by Gasteiger charge is 2.34. The van der Waals surface area contributed by atoms with E-state index in [1.165, 1.54) is 18.4 Å². The maximum atomic E-state index is 12.5. The maximum Gasteiger partial charge on any atom is 0.312 e.